The zero-order chi connectivity index (χ0) is 20.3. The van der Waals surface area contributed by atoms with Crippen molar-refractivity contribution < 1.29 is 14.4 Å². The van der Waals surface area contributed by atoms with Crippen molar-refractivity contribution in [2.24, 2.45) is 5.16 Å². The second-order valence-electron chi connectivity index (χ2n) is 7.28. The van der Waals surface area contributed by atoms with E-state index in [9.17, 15) is 5.21 Å². The van der Waals surface area contributed by atoms with Crippen LogP contribution < -0.4 is 5.36 Å². The largest absolute Gasteiger partial charge is 0.454 e. The molecular formula is C23H22N4O3. The van der Waals surface area contributed by atoms with Crippen LogP contribution in [-0.4, -0.2) is 52.3 Å². The van der Waals surface area contributed by atoms with Crippen molar-refractivity contribution in [1.29, 1.82) is 0 Å². The molecule has 0 radical (unpaired) electrons. The van der Waals surface area contributed by atoms with Crippen molar-refractivity contribution in [2.75, 3.05) is 32.8 Å². The fourth-order valence-electron chi connectivity index (χ4n) is 3.69. The highest BCUT2D eigenvalue weighted by Gasteiger charge is 2.10. The van der Waals surface area contributed by atoms with Gasteiger partial charge in [-0.2, -0.15) is 0 Å². The van der Waals surface area contributed by atoms with Crippen LogP contribution in [0.1, 0.15) is 5.56 Å². The number of nitrogens with zero attached hydrogens (tertiary/aromatic N) is 4. The topological polar surface area (TPSA) is 75.5 Å². The van der Waals surface area contributed by atoms with Gasteiger partial charge < -0.3 is 18.8 Å². The summed E-state index contributed by atoms with van der Waals surface area (Å²) in [6, 6.07) is 13.5. The van der Waals surface area contributed by atoms with Crippen molar-refractivity contribution in [3.05, 3.63) is 72.0 Å². The lowest BCUT2D eigenvalue weighted by atomic mass is 10.1. The van der Waals surface area contributed by atoms with Gasteiger partial charge >= 0.3 is 0 Å². The van der Waals surface area contributed by atoms with Gasteiger partial charge in [0, 0.05) is 42.8 Å². The normalized spacial score (nSPS) is 16.2. The standard InChI is InChI=1S/C23H22N4O3/c28-25-20-15-23(21-14-18-4-2-8-27(18)16-24-21)30-22-6-5-17(13-19(20)22)3-1-7-26-9-11-29-12-10-26/h1-6,8,13-16,28H,7,9-12H2/b3-1-,25-20+. The molecule has 152 valence electrons. The summed E-state index contributed by atoms with van der Waals surface area (Å²) in [6.07, 6.45) is 7.89. The summed E-state index contributed by atoms with van der Waals surface area (Å²) in [5, 5.41) is 14.3. The number of hydrogen-bond donors (Lipinski definition) is 1. The molecule has 1 fully saturated rings. The Bertz CT molecular complexity index is 1280. The first-order valence-electron chi connectivity index (χ1n) is 9.96. The van der Waals surface area contributed by atoms with Crippen molar-refractivity contribution in [2.45, 2.75) is 0 Å². The zero-order valence-corrected chi connectivity index (χ0v) is 16.4. The third kappa shape index (κ3) is 3.72. The van der Waals surface area contributed by atoms with E-state index in [4.69, 9.17) is 9.15 Å². The lowest BCUT2D eigenvalue weighted by molar-refractivity contribution is 0.0435. The maximum absolute atomic E-state index is 9.61. The second kappa shape index (κ2) is 8.14. The number of hydrogen-bond acceptors (Lipinski definition) is 6. The van der Waals surface area contributed by atoms with E-state index in [1.165, 1.54) is 0 Å². The van der Waals surface area contributed by atoms with Gasteiger partial charge in [0.15, 0.2) is 5.76 Å². The molecule has 30 heavy (non-hydrogen) atoms. The summed E-state index contributed by atoms with van der Waals surface area (Å²) < 4.78 is 13.4. The minimum Gasteiger partial charge on any atom is -0.454 e. The van der Waals surface area contributed by atoms with Crippen LogP contribution in [0.15, 0.2) is 70.6 Å². The van der Waals surface area contributed by atoms with E-state index in [-0.39, 0.29) is 0 Å². The van der Waals surface area contributed by atoms with Crippen molar-refractivity contribution in [3.63, 3.8) is 0 Å². The van der Waals surface area contributed by atoms with Crippen LogP contribution in [0.25, 0.3) is 34.0 Å². The third-order valence-corrected chi connectivity index (χ3v) is 5.32. The molecule has 1 aromatic carbocycles. The van der Waals surface area contributed by atoms with Gasteiger partial charge in [-0.1, -0.05) is 23.4 Å². The maximum Gasteiger partial charge on any atom is 0.155 e. The van der Waals surface area contributed by atoms with Crippen LogP contribution in [0.4, 0.5) is 0 Å². The van der Waals surface area contributed by atoms with E-state index < -0.39 is 0 Å². The molecule has 1 N–H and O–H groups in total. The number of fused-ring (bicyclic) bond motifs is 2. The Kier molecular flexibility index (Phi) is 5.04. The van der Waals surface area contributed by atoms with E-state index in [2.05, 4.69) is 27.2 Å². The van der Waals surface area contributed by atoms with Gasteiger partial charge in [-0.15, -0.1) is 0 Å². The Morgan fingerprint density at radius 1 is 1.13 bits per heavy atom. The van der Waals surface area contributed by atoms with Gasteiger partial charge in [-0.25, -0.2) is 4.98 Å². The first kappa shape index (κ1) is 18.6. The Morgan fingerprint density at radius 3 is 2.90 bits per heavy atom. The Balaban J connectivity index is 1.46. The van der Waals surface area contributed by atoms with Gasteiger partial charge in [0.1, 0.15) is 16.6 Å². The highest BCUT2D eigenvalue weighted by molar-refractivity contribution is 5.81. The third-order valence-electron chi connectivity index (χ3n) is 5.32. The Morgan fingerprint density at radius 2 is 2.03 bits per heavy atom. The molecule has 0 spiro atoms. The predicted octanol–water partition coefficient (Wildman–Crippen LogP) is 3.38. The molecule has 0 bridgehead atoms. The number of rotatable bonds is 4. The fourth-order valence-corrected chi connectivity index (χ4v) is 3.69. The molecule has 1 aliphatic rings. The molecular weight excluding hydrogens is 380 g/mol. The Labute approximate surface area is 173 Å². The molecule has 4 aromatic rings. The molecule has 1 saturated heterocycles. The maximum atomic E-state index is 9.61. The molecule has 3 aromatic heterocycles. The monoisotopic (exact) mass is 402 g/mol. The highest BCUT2D eigenvalue weighted by Crippen LogP contribution is 2.23. The smallest absolute Gasteiger partial charge is 0.155 e. The number of aromatic nitrogens is 2. The van der Waals surface area contributed by atoms with Gasteiger partial charge in [0.25, 0.3) is 0 Å². The summed E-state index contributed by atoms with van der Waals surface area (Å²) in [4.78, 5) is 6.81. The molecule has 0 unspecified atom stereocenters. The van der Waals surface area contributed by atoms with Gasteiger partial charge in [-0.3, -0.25) is 4.90 Å². The van der Waals surface area contributed by atoms with E-state index in [0.717, 1.165) is 49.3 Å². The molecule has 5 rings (SSSR count). The summed E-state index contributed by atoms with van der Waals surface area (Å²) >= 11 is 0. The molecule has 0 amide bonds. The summed E-state index contributed by atoms with van der Waals surface area (Å²) in [5.74, 6) is 0.551. The van der Waals surface area contributed by atoms with Crippen molar-refractivity contribution >= 4 is 22.6 Å². The minimum absolute atomic E-state index is 0.451. The minimum atomic E-state index is 0.451. The number of morpholine rings is 1. The van der Waals surface area contributed by atoms with Crippen LogP contribution in [0.5, 0.6) is 0 Å². The molecule has 0 saturated carbocycles. The summed E-state index contributed by atoms with van der Waals surface area (Å²) in [5.41, 5.74) is 3.36. The van der Waals surface area contributed by atoms with Gasteiger partial charge in [0.05, 0.1) is 19.5 Å². The van der Waals surface area contributed by atoms with Gasteiger partial charge in [0.2, 0.25) is 0 Å². The van der Waals surface area contributed by atoms with Crippen LogP contribution in [0, 0.1) is 0 Å². The van der Waals surface area contributed by atoms with Crippen LogP contribution in [0.3, 0.4) is 0 Å². The average Bonchev–Trinajstić information content (AvgIpc) is 3.27. The van der Waals surface area contributed by atoms with E-state index in [1.54, 1.807) is 12.4 Å². The van der Waals surface area contributed by atoms with Crippen LogP contribution in [-0.2, 0) is 4.74 Å². The fraction of sp³-hybridized carbons (Fsp3) is 0.217. The SMILES string of the molecule is O/N=c1\cc(-c2cc3cccn3cn2)oc2ccc(/C=C\CN3CCOCC3)cc12. The quantitative estimate of drug-likeness (QED) is 0.418. The molecule has 1 aliphatic heterocycles. The molecule has 0 atom stereocenters. The number of benzene rings is 1. The van der Waals surface area contributed by atoms with Crippen molar-refractivity contribution in [1.82, 2.24) is 14.3 Å². The summed E-state index contributed by atoms with van der Waals surface area (Å²) in [6.45, 7) is 4.39. The van der Waals surface area contributed by atoms with Gasteiger partial charge in [-0.05, 0) is 35.9 Å². The van der Waals surface area contributed by atoms with Crippen LogP contribution >= 0.6 is 0 Å². The Hall–Kier alpha value is -3.42. The predicted molar refractivity (Wildman–Crippen MR) is 114 cm³/mol. The highest BCUT2D eigenvalue weighted by atomic mass is 16.5. The molecule has 0 aliphatic carbocycles. The molecule has 7 nitrogen and oxygen atoms in total. The first-order valence-corrected chi connectivity index (χ1v) is 9.96. The zero-order valence-electron chi connectivity index (χ0n) is 16.4. The molecule has 4 heterocycles. The van der Waals surface area contributed by atoms with E-state index in [0.29, 0.717) is 22.4 Å². The lowest BCUT2D eigenvalue weighted by Gasteiger charge is -2.25. The average molecular weight is 402 g/mol. The van der Waals surface area contributed by atoms with E-state index >= 15 is 0 Å². The van der Waals surface area contributed by atoms with Crippen molar-refractivity contribution in [3.8, 4) is 11.5 Å². The summed E-state index contributed by atoms with van der Waals surface area (Å²) in [7, 11) is 0. The molecule has 7 heteroatoms. The first-order chi connectivity index (χ1) is 14.8. The van der Waals surface area contributed by atoms with Crippen LogP contribution in [0.2, 0.25) is 0 Å². The number of ether oxygens (including phenoxy) is 1. The van der Waals surface area contributed by atoms with E-state index in [1.807, 2.05) is 47.0 Å². The second-order valence-corrected chi connectivity index (χ2v) is 7.28. The lowest BCUT2D eigenvalue weighted by Crippen LogP contribution is -2.36.